The Labute approximate surface area is 320 Å². The van der Waals surface area contributed by atoms with E-state index in [4.69, 9.17) is 15.0 Å². The van der Waals surface area contributed by atoms with Gasteiger partial charge in [-0.25, -0.2) is 15.0 Å². The molecule has 0 fully saturated rings. The van der Waals surface area contributed by atoms with Crippen molar-refractivity contribution in [2.45, 2.75) is 5.41 Å². The van der Waals surface area contributed by atoms with E-state index >= 15 is 0 Å². The highest BCUT2D eigenvalue weighted by Gasteiger charge is 2.45. The van der Waals surface area contributed by atoms with Gasteiger partial charge in [0.05, 0.1) is 5.41 Å². The van der Waals surface area contributed by atoms with Crippen LogP contribution in [0.5, 0.6) is 0 Å². The van der Waals surface area contributed by atoms with Gasteiger partial charge in [-0.1, -0.05) is 182 Å². The van der Waals surface area contributed by atoms with Crippen LogP contribution in [-0.2, 0) is 5.41 Å². The van der Waals surface area contributed by atoms with E-state index < -0.39 is 5.41 Å². The van der Waals surface area contributed by atoms with Gasteiger partial charge in [0.2, 0.25) is 0 Å². The summed E-state index contributed by atoms with van der Waals surface area (Å²) in [6, 6.07) is 68.5. The largest absolute Gasteiger partial charge is 0.264 e. The van der Waals surface area contributed by atoms with Gasteiger partial charge in [-0.3, -0.25) is 4.98 Å². The van der Waals surface area contributed by atoms with Crippen LogP contribution in [0, 0.1) is 0 Å². The Morgan fingerprint density at radius 1 is 0.309 bits per heavy atom. The second-order valence-electron chi connectivity index (χ2n) is 13.9. The van der Waals surface area contributed by atoms with Crippen LogP contribution in [-0.4, -0.2) is 19.9 Å². The minimum absolute atomic E-state index is 0.531. The monoisotopic (exact) mass is 702 g/mol. The lowest BCUT2D eigenvalue weighted by molar-refractivity contribution is 0.768. The first-order valence-electron chi connectivity index (χ1n) is 18.5. The molecule has 2 heterocycles. The van der Waals surface area contributed by atoms with Crippen molar-refractivity contribution < 1.29 is 0 Å². The molecule has 0 unspecified atom stereocenters. The van der Waals surface area contributed by atoms with E-state index in [-0.39, 0.29) is 0 Å². The molecule has 0 bridgehead atoms. The molecular weight excluding hydrogens is 669 g/mol. The first-order chi connectivity index (χ1) is 27.3. The molecule has 0 amide bonds. The summed E-state index contributed by atoms with van der Waals surface area (Å²) in [5.74, 6) is 1.90. The van der Waals surface area contributed by atoms with E-state index in [0.717, 1.165) is 38.9 Å². The number of rotatable bonds is 7. The van der Waals surface area contributed by atoms with Crippen LogP contribution in [0.4, 0.5) is 0 Å². The van der Waals surface area contributed by atoms with Gasteiger partial charge in [0.15, 0.2) is 17.5 Å². The highest BCUT2D eigenvalue weighted by Crippen LogP contribution is 2.56. The number of nitrogens with zero attached hydrogens (tertiary/aromatic N) is 4. The summed E-state index contributed by atoms with van der Waals surface area (Å²) < 4.78 is 0. The average Bonchev–Trinajstić information content (AvgIpc) is 3.58. The van der Waals surface area contributed by atoms with Crippen molar-refractivity contribution >= 4 is 0 Å². The molecule has 55 heavy (non-hydrogen) atoms. The molecular formula is C51H34N4. The molecule has 9 aromatic rings. The molecule has 0 saturated heterocycles. The summed E-state index contributed by atoms with van der Waals surface area (Å²) in [6.45, 7) is 0. The van der Waals surface area contributed by atoms with Crippen molar-refractivity contribution in [3.8, 4) is 67.5 Å². The topological polar surface area (TPSA) is 51.6 Å². The lowest BCUT2D eigenvalue weighted by Gasteiger charge is -2.34. The predicted molar refractivity (Wildman–Crippen MR) is 222 cm³/mol. The molecule has 0 aliphatic heterocycles. The number of fused-ring (bicyclic) bond motifs is 3. The summed E-state index contributed by atoms with van der Waals surface area (Å²) >= 11 is 0. The summed E-state index contributed by atoms with van der Waals surface area (Å²) in [4.78, 5) is 19.6. The number of aromatic nitrogens is 4. The highest BCUT2D eigenvalue weighted by molar-refractivity contribution is 5.86. The van der Waals surface area contributed by atoms with Crippen LogP contribution >= 0.6 is 0 Å². The predicted octanol–water partition coefficient (Wildman–Crippen LogP) is 12.0. The fourth-order valence-electron chi connectivity index (χ4n) is 8.16. The second kappa shape index (κ2) is 13.6. The number of pyridine rings is 1. The fraction of sp³-hybridized carbons (Fsp3) is 0.0196. The number of benzene rings is 7. The van der Waals surface area contributed by atoms with Crippen molar-refractivity contribution in [1.82, 2.24) is 19.9 Å². The molecule has 4 nitrogen and oxygen atoms in total. The molecule has 0 radical (unpaired) electrons. The van der Waals surface area contributed by atoms with Crippen LogP contribution in [0.2, 0.25) is 0 Å². The Morgan fingerprint density at radius 3 is 1.33 bits per heavy atom. The molecule has 4 heteroatoms. The third kappa shape index (κ3) is 5.63. The van der Waals surface area contributed by atoms with Crippen LogP contribution < -0.4 is 0 Å². The maximum atomic E-state index is 5.12. The van der Waals surface area contributed by atoms with Gasteiger partial charge in [-0.2, -0.15) is 0 Å². The van der Waals surface area contributed by atoms with Gasteiger partial charge in [0.1, 0.15) is 0 Å². The Bertz CT molecular complexity index is 2730. The van der Waals surface area contributed by atoms with Gasteiger partial charge >= 0.3 is 0 Å². The Hall–Kier alpha value is -7.30. The van der Waals surface area contributed by atoms with E-state index in [1.54, 1.807) is 0 Å². The molecule has 0 saturated carbocycles. The zero-order chi connectivity index (χ0) is 36.6. The zero-order valence-corrected chi connectivity index (χ0v) is 29.9. The summed E-state index contributed by atoms with van der Waals surface area (Å²) in [7, 11) is 0. The smallest absolute Gasteiger partial charge is 0.164 e. The maximum absolute atomic E-state index is 5.12. The van der Waals surface area contributed by atoms with Gasteiger partial charge in [0, 0.05) is 29.1 Å². The van der Waals surface area contributed by atoms with Gasteiger partial charge < -0.3 is 0 Å². The number of hydrogen-bond acceptors (Lipinski definition) is 4. The van der Waals surface area contributed by atoms with Crippen molar-refractivity contribution in [2.24, 2.45) is 0 Å². The van der Waals surface area contributed by atoms with E-state index in [1.807, 2.05) is 54.9 Å². The molecule has 1 aliphatic carbocycles. The first kappa shape index (κ1) is 32.4. The van der Waals surface area contributed by atoms with E-state index in [9.17, 15) is 0 Å². The summed E-state index contributed by atoms with van der Waals surface area (Å²) in [5, 5.41) is 0. The van der Waals surface area contributed by atoms with E-state index in [0.29, 0.717) is 17.5 Å². The molecule has 1 aliphatic rings. The fourth-order valence-corrected chi connectivity index (χ4v) is 8.16. The zero-order valence-electron chi connectivity index (χ0n) is 29.9. The maximum Gasteiger partial charge on any atom is 0.164 e. The molecule has 0 spiro atoms. The first-order valence-corrected chi connectivity index (χ1v) is 18.5. The molecule has 258 valence electrons. The quantitative estimate of drug-likeness (QED) is 0.166. The third-order valence-corrected chi connectivity index (χ3v) is 10.7. The highest BCUT2D eigenvalue weighted by atomic mass is 15.0. The Kier molecular flexibility index (Phi) is 8.00. The Balaban J connectivity index is 1.12. The molecule has 2 aromatic heterocycles. The van der Waals surface area contributed by atoms with Crippen molar-refractivity contribution in [2.75, 3.05) is 0 Å². The van der Waals surface area contributed by atoms with Crippen LogP contribution in [0.15, 0.2) is 207 Å². The van der Waals surface area contributed by atoms with Crippen LogP contribution in [0.3, 0.4) is 0 Å². The lowest BCUT2D eigenvalue weighted by atomic mass is 9.67. The molecule has 7 aromatic carbocycles. The third-order valence-electron chi connectivity index (χ3n) is 10.7. The van der Waals surface area contributed by atoms with Crippen molar-refractivity contribution in [3.63, 3.8) is 0 Å². The van der Waals surface area contributed by atoms with Gasteiger partial charge in [-0.15, -0.1) is 0 Å². The standard InChI is InChI=1S/C51H34N4/c1-3-13-35(14-4-1)39-17-11-18-40(33-39)50-54-48(37-15-5-2-6-16-37)53-49(55-50)38-26-30-43(31-27-38)51(42-28-24-36(25-29-42)41-19-12-32-52-34-41)46-22-9-7-20-44(46)45-21-8-10-23-47(45)51/h1-34H. The van der Waals surface area contributed by atoms with E-state index in [1.165, 1.54) is 33.4 Å². The molecule has 0 N–H and O–H groups in total. The summed E-state index contributed by atoms with van der Waals surface area (Å²) in [6.07, 6.45) is 3.73. The van der Waals surface area contributed by atoms with Crippen molar-refractivity contribution in [3.05, 3.63) is 229 Å². The second-order valence-corrected chi connectivity index (χ2v) is 13.9. The lowest BCUT2D eigenvalue weighted by Crippen LogP contribution is -2.28. The van der Waals surface area contributed by atoms with Gasteiger partial charge in [0.25, 0.3) is 0 Å². The minimum Gasteiger partial charge on any atom is -0.264 e. The Morgan fingerprint density at radius 2 is 0.745 bits per heavy atom. The van der Waals surface area contributed by atoms with Gasteiger partial charge in [-0.05, 0) is 67.8 Å². The number of hydrogen-bond donors (Lipinski definition) is 0. The van der Waals surface area contributed by atoms with E-state index in [2.05, 4.69) is 157 Å². The minimum atomic E-state index is -0.531. The van der Waals surface area contributed by atoms with Crippen molar-refractivity contribution in [1.29, 1.82) is 0 Å². The molecule has 10 rings (SSSR count). The SMILES string of the molecule is c1ccc(-c2cccc(-c3nc(-c4ccccc4)nc(-c4ccc(C5(c6ccc(-c7cccnc7)cc6)c6ccccc6-c6ccccc65)cc4)n3)c2)cc1. The summed E-state index contributed by atoms with van der Waals surface area (Å²) in [5.41, 5.74) is 14.2. The van der Waals surface area contributed by atoms with Crippen LogP contribution in [0.1, 0.15) is 22.3 Å². The van der Waals surface area contributed by atoms with Crippen LogP contribution in [0.25, 0.3) is 67.5 Å². The molecule has 0 atom stereocenters. The normalized spacial score (nSPS) is 12.5. The average molecular weight is 703 g/mol.